The van der Waals surface area contributed by atoms with Crippen molar-refractivity contribution >= 4 is 11.9 Å². The molecule has 0 fully saturated rings. The van der Waals surface area contributed by atoms with E-state index in [1.165, 1.54) is 57.8 Å². The molecule has 0 rings (SSSR count). The van der Waals surface area contributed by atoms with Crippen LogP contribution in [0.25, 0.3) is 0 Å². The first-order chi connectivity index (χ1) is 34.6. The standard InChI is InChI=1S/C65H100O5/c1-3-5-7-9-11-13-15-17-19-21-23-25-27-28-29-30-31-32-33-34-35-36-38-40-42-44-46-48-50-52-54-56-58-60-65(68)70-63(61-66)62-69-64(67)59-57-55-53-51-49-47-45-43-41-39-37-26-24-22-20-18-16-14-12-10-8-6-4-2/h5-8,11-14,17-20,23-26,28-29,31-32,34-35,39,41,45,47,51,53,63,66H,3-4,9-10,15-16,21-22,27,30,33,36-38,40,42-44,46,48-50,52,54-62H2,1-2H3/b7-5-,8-6-,13-11-,14-12-,19-17-,20-18-,25-23-,26-24-,29-28-,32-31-,35-34-,41-39-,47-45-,53-51-. The van der Waals surface area contributed by atoms with E-state index in [2.05, 4.69) is 184 Å². The van der Waals surface area contributed by atoms with E-state index in [-0.39, 0.29) is 25.2 Å². The summed E-state index contributed by atoms with van der Waals surface area (Å²) >= 11 is 0. The van der Waals surface area contributed by atoms with Gasteiger partial charge in [0.2, 0.25) is 0 Å². The van der Waals surface area contributed by atoms with Gasteiger partial charge >= 0.3 is 11.9 Å². The largest absolute Gasteiger partial charge is 0.462 e. The smallest absolute Gasteiger partial charge is 0.306 e. The van der Waals surface area contributed by atoms with E-state index in [1.807, 2.05) is 0 Å². The molecular weight excluding hydrogens is 861 g/mol. The molecule has 70 heavy (non-hydrogen) atoms. The van der Waals surface area contributed by atoms with Crippen molar-refractivity contribution in [1.82, 2.24) is 0 Å². The molecule has 0 aliphatic carbocycles. The highest BCUT2D eigenvalue weighted by molar-refractivity contribution is 5.70. The first-order valence-electron chi connectivity index (χ1n) is 27.7. The summed E-state index contributed by atoms with van der Waals surface area (Å²) < 4.78 is 10.6. The minimum atomic E-state index is -0.812. The molecule has 0 aliphatic heterocycles. The van der Waals surface area contributed by atoms with Crippen LogP contribution in [0.2, 0.25) is 0 Å². The number of carbonyl (C=O) groups is 2. The molecule has 0 bridgehead atoms. The maximum atomic E-state index is 12.3. The van der Waals surface area contributed by atoms with Crippen molar-refractivity contribution in [2.24, 2.45) is 0 Å². The third kappa shape index (κ3) is 55.9. The Bertz CT molecular complexity index is 1600. The van der Waals surface area contributed by atoms with Gasteiger partial charge in [-0.15, -0.1) is 0 Å². The molecular formula is C65H100O5. The lowest BCUT2D eigenvalue weighted by molar-refractivity contribution is -0.161. The van der Waals surface area contributed by atoms with Crippen LogP contribution < -0.4 is 0 Å². The fraction of sp³-hybridized carbons (Fsp3) is 0.538. The van der Waals surface area contributed by atoms with Crippen molar-refractivity contribution in [3.8, 4) is 0 Å². The Labute approximate surface area is 430 Å². The predicted molar refractivity (Wildman–Crippen MR) is 306 cm³/mol. The zero-order valence-electron chi connectivity index (χ0n) is 44.5. The molecule has 0 saturated heterocycles. The van der Waals surface area contributed by atoms with Crippen molar-refractivity contribution < 1.29 is 24.2 Å². The van der Waals surface area contributed by atoms with Crippen LogP contribution in [-0.4, -0.2) is 36.4 Å². The molecule has 0 aromatic carbocycles. The minimum Gasteiger partial charge on any atom is -0.462 e. The Morgan fingerprint density at radius 2 is 0.586 bits per heavy atom. The van der Waals surface area contributed by atoms with Gasteiger partial charge in [-0.3, -0.25) is 9.59 Å². The topological polar surface area (TPSA) is 72.8 Å². The van der Waals surface area contributed by atoms with Crippen LogP contribution >= 0.6 is 0 Å². The van der Waals surface area contributed by atoms with Gasteiger partial charge in [0.25, 0.3) is 0 Å². The normalized spacial score (nSPS) is 13.6. The average Bonchev–Trinajstić information content (AvgIpc) is 3.36. The number of carbonyl (C=O) groups excluding carboxylic acids is 2. The summed E-state index contributed by atoms with van der Waals surface area (Å²) in [5, 5.41) is 9.64. The highest BCUT2D eigenvalue weighted by Crippen LogP contribution is 2.14. The summed E-state index contributed by atoms with van der Waals surface area (Å²) in [7, 11) is 0. The molecule has 0 heterocycles. The Morgan fingerprint density at radius 1 is 0.329 bits per heavy atom. The lowest BCUT2D eigenvalue weighted by Crippen LogP contribution is -2.28. The van der Waals surface area contributed by atoms with Gasteiger partial charge in [0.15, 0.2) is 6.10 Å². The van der Waals surface area contributed by atoms with Crippen molar-refractivity contribution in [3.63, 3.8) is 0 Å². The molecule has 5 heteroatoms. The third-order valence-electron chi connectivity index (χ3n) is 11.0. The second-order valence-corrected chi connectivity index (χ2v) is 17.5. The molecule has 1 atom stereocenters. The van der Waals surface area contributed by atoms with E-state index in [9.17, 15) is 14.7 Å². The van der Waals surface area contributed by atoms with E-state index < -0.39 is 6.10 Å². The Hall–Kier alpha value is -4.74. The van der Waals surface area contributed by atoms with Gasteiger partial charge in [0, 0.05) is 12.8 Å². The second kappa shape index (κ2) is 58.6. The molecule has 5 nitrogen and oxygen atoms in total. The average molecular weight is 962 g/mol. The van der Waals surface area contributed by atoms with Crippen molar-refractivity contribution in [2.75, 3.05) is 13.2 Å². The van der Waals surface area contributed by atoms with Crippen LogP contribution in [0.15, 0.2) is 170 Å². The van der Waals surface area contributed by atoms with Crippen molar-refractivity contribution in [2.45, 2.75) is 213 Å². The molecule has 0 aromatic rings. The van der Waals surface area contributed by atoms with E-state index in [0.717, 1.165) is 116 Å². The number of ether oxygens (including phenoxy) is 2. The number of rotatable bonds is 48. The summed E-state index contributed by atoms with van der Waals surface area (Å²) in [4.78, 5) is 24.5. The monoisotopic (exact) mass is 961 g/mol. The van der Waals surface area contributed by atoms with Gasteiger partial charge in [0.05, 0.1) is 6.61 Å². The molecule has 1 N–H and O–H groups in total. The van der Waals surface area contributed by atoms with E-state index in [0.29, 0.717) is 19.3 Å². The van der Waals surface area contributed by atoms with E-state index >= 15 is 0 Å². The molecule has 0 saturated carbocycles. The Balaban J connectivity index is 3.65. The number of hydrogen-bond donors (Lipinski definition) is 1. The van der Waals surface area contributed by atoms with Gasteiger partial charge in [0.1, 0.15) is 6.61 Å². The quantitative estimate of drug-likeness (QED) is 0.0374. The first kappa shape index (κ1) is 65.3. The number of aliphatic hydroxyl groups excluding tert-OH is 1. The van der Waals surface area contributed by atoms with Crippen LogP contribution in [0.5, 0.6) is 0 Å². The minimum absolute atomic E-state index is 0.109. The number of allylic oxidation sites excluding steroid dienone is 28. The molecule has 1 unspecified atom stereocenters. The van der Waals surface area contributed by atoms with Crippen LogP contribution in [0.1, 0.15) is 206 Å². The molecule has 0 aromatic heterocycles. The van der Waals surface area contributed by atoms with Crippen LogP contribution in [0.4, 0.5) is 0 Å². The zero-order valence-corrected chi connectivity index (χ0v) is 44.5. The third-order valence-corrected chi connectivity index (χ3v) is 11.0. The summed E-state index contributed by atoms with van der Waals surface area (Å²) in [5.74, 6) is -0.677. The first-order valence-corrected chi connectivity index (χ1v) is 27.7. The molecule has 0 aliphatic rings. The fourth-order valence-electron chi connectivity index (χ4n) is 6.93. The van der Waals surface area contributed by atoms with Crippen LogP contribution in [0.3, 0.4) is 0 Å². The highest BCUT2D eigenvalue weighted by atomic mass is 16.6. The summed E-state index contributed by atoms with van der Waals surface area (Å²) in [5.41, 5.74) is 0. The fourth-order valence-corrected chi connectivity index (χ4v) is 6.93. The number of unbranched alkanes of at least 4 members (excludes halogenated alkanes) is 12. The lowest BCUT2D eigenvalue weighted by Gasteiger charge is -2.15. The molecule has 0 radical (unpaired) electrons. The SMILES string of the molecule is CC/C=C\C/C=C\C/C=C\C/C=C\C/C=C\C/C=C\C/C=C\CCCCCCCCCCCCCC(=O)OC(CO)COC(=O)CCC/C=C\C/C=C\C/C=C\C/C=C\C/C=C\C/C=C\C/C=C\CC. The van der Waals surface area contributed by atoms with Gasteiger partial charge < -0.3 is 14.6 Å². The van der Waals surface area contributed by atoms with E-state index in [1.54, 1.807) is 0 Å². The van der Waals surface area contributed by atoms with Crippen LogP contribution in [0, 0.1) is 0 Å². The van der Waals surface area contributed by atoms with Crippen LogP contribution in [-0.2, 0) is 19.1 Å². The maximum absolute atomic E-state index is 12.3. The van der Waals surface area contributed by atoms with Gasteiger partial charge in [-0.25, -0.2) is 0 Å². The summed E-state index contributed by atoms with van der Waals surface area (Å²) in [6.45, 7) is 3.85. The maximum Gasteiger partial charge on any atom is 0.306 e. The summed E-state index contributed by atoms with van der Waals surface area (Å²) in [6.07, 6.45) is 91.7. The van der Waals surface area contributed by atoms with Crippen molar-refractivity contribution in [3.05, 3.63) is 170 Å². The lowest BCUT2D eigenvalue weighted by atomic mass is 10.0. The van der Waals surface area contributed by atoms with Gasteiger partial charge in [-0.2, -0.15) is 0 Å². The summed E-state index contributed by atoms with van der Waals surface area (Å²) in [6, 6.07) is 0. The van der Waals surface area contributed by atoms with Gasteiger partial charge in [-0.1, -0.05) is 242 Å². The van der Waals surface area contributed by atoms with E-state index in [4.69, 9.17) is 9.47 Å². The Kier molecular flexibility index (Phi) is 54.6. The second-order valence-electron chi connectivity index (χ2n) is 17.5. The number of esters is 2. The van der Waals surface area contributed by atoms with Crippen molar-refractivity contribution in [1.29, 1.82) is 0 Å². The predicted octanol–water partition coefficient (Wildman–Crippen LogP) is 19.0. The van der Waals surface area contributed by atoms with Gasteiger partial charge in [-0.05, 0) is 122 Å². The highest BCUT2D eigenvalue weighted by Gasteiger charge is 2.16. The zero-order chi connectivity index (χ0) is 50.6. The Morgan fingerprint density at radius 3 is 0.900 bits per heavy atom. The molecule has 390 valence electrons. The molecule has 0 spiro atoms. The number of hydrogen-bond acceptors (Lipinski definition) is 5. The molecule has 0 amide bonds. The number of aliphatic hydroxyl groups is 1.